The molecule has 0 spiro atoms. The van der Waals surface area contributed by atoms with Gasteiger partial charge >= 0.3 is 5.97 Å². The molecule has 0 heterocycles. The molecule has 0 aromatic heterocycles. The maximum Gasteiger partial charge on any atom is 0.352 e. The van der Waals surface area contributed by atoms with Crippen molar-refractivity contribution in [3.05, 3.63) is 70.9 Å². The van der Waals surface area contributed by atoms with Crippen LogP contribution in [0.2, 0.25) is 0 Å². The lowest BCUT2D eigenvalue weighted by Gasteiger charge is -2.08. The largest absolute Gasteiger partial charge is 0.489 e. The minimum Gasteiger partial charge on any atom is -0.489 e. The van der Waals surface area contributed by atoms with E-state index in [4.69, 9.17) is 9.84 Å². The first kappa shape index (κ1) is 17.3. The highest BCUT2D eigenvalue weighted by Crippen LogP contribution is 2.17. The third-order valence-corrected chi connectivity index (χ3v) is 3.24. The van der Waals surface area contributed by atoms with Crippen molar-refractivity contribution >= 4 is 18.0 Å². The topological polar surface area (TPSA) is 75.6 Å². The van der Waals surface area contributed by atoms with Gasteiger partial charge in [-0.15, -0.1) is 0 Å². The molecule has 0 aliphatic carbocycles. The van der Waals surface area contributed by atoms with Crippen molar-refractivity contribution in [3.8, 4) is 5.75 Å². The average Bonchev–Trinajstić information content (AvgIpc) is 2.53. The third-order valence-electron chi connectivity index (χ3n) is 3.24. The van der Waals surface area contributed by atoms with Crippen LogP contribution in [0.15, 0.2) is 54.2 Å². The Balaban J connectivity index is 2.11. The summed E-state index contributed by atoms with van der Waals surface area (Å²) in [5, 5.41) is 11.4. The Kier molecular flexibility index (Phi) is 5.73. The highest BCUT2D eigenvalue weighted by molar-refractivity contribution is 5.96. The van der Waals surface area contributed by atoms with Gasteiger partial charge in [0.25, 0.3) is 0 Å². The maximum absolute atomic E-state index is 11.1. The monoisotopic (exact) mass is 325 g/mol. The second kappa shape index (κ2) is 7.97. The maximum atomic E-state index is 11.1. The normalized spacial score (nSPS) is 11.0. The summed E-state index contributed by atoms with van der Waals surface area (Å²) in [4.78, 5) is 22.2. The molecule has 2 N–H and O–H groups in total. The van der Waals surface area contributed by atoms with Crippen molar-refractivity contribution < 1.29 is 19.4 Å². The van der Waals surface area contributed by atoms with Crippen molar-refractivity contribution in [1.29, 1.82) is 0 Å². The van der Waals surface area contributed by atoms with Crippen molar-refractivity contribution in [2.45, 2.75) is 20.5 Å². The number of carboxylic acids is 1. The number of amides is 1. The lowest BCUT2D eigenvalue weighted by atomic mass is 10.1. The number of hydrogen-bond acceptors (Lipinski definition) is 3. The molecule has 5 heteroatoms. The first-order valence-electron chi connectivity index (χ1n) is 7.45. The number of nitrogens with one attached hydrogen (secondary N) is 1. The number of ether oxygens (including phenoxy) is 1. The summed E-state index contributed by atoms with van der Waals surface area (Å²) >= 11 is 0. The summed E-state index contributed by atoms with van der Waals surface area (Å²) in [5.74, 6) is -1.01. The molecule has 0 aliphatic rings. The van der Waals surface area contributed by atoms with Crippen LogP contribution in [-0.4, -0.2) is 17.0 Å². The SMILES string of the molecule is CC(=O)NC(=Cc1cccc(OCc2ccc(C)cc2)c1)C(=O)O. The summed E-state index contributed by atoms with van der Waals surface area (Å²) in [6, 6.07) is 15.1. The number of rotatable bonds is 6. The highest BCUT2D eigenvalue weighted by Gasteiger charge is 2.09. The van der Waals surface area contributed by atoms with E-state index >= 15 is 0 Å². The first-order valence-corrected chi connectivity index (χ1v) is 7.45. The standard InChI is InChI=1S/C19H19NO4/c1-13-6-8-15(9-7-13)12-24-17-5-3-4-16(10-17)11-18(19(22)23)20-14(2)21/h3-11H,12H2,1-2H3,(H,20,21)(H,22,23). The lowest BCUT2D eigenvalue weighted by Crippen LogP contribution is -2.24. The van der Waals surface area contributed by atoms with E-state index in [-0.39, 0.29) is 5.70 Å². The molecule has 2 rings (SSSR count). The Morgan fingerprint density at radius 1 is 1.17 bits per heavy atom. The first-order chi connectivity index (χ1) is 11.4. The van der Waals surface area contributed by atoms with Gasteiger partial charge in [-0.2, -0.15) is 0 Å². The van der Waals surface area contributed by atoms with E-state index in [1.165, 1.54) is 18.6 Å². The fraction of sp³-hybridized carbons (Fsp3) is 0.158. The van der Waals surface area contributed by atoms with Gasteiger partial charge in [0.1, 0.15) is 18.1 Å². The summed E-state index contributed by atoms with van der Waals surface area (Å²) in [6.45, 7) is 3.71. The van der Waals surface area contributed by atoms with E-state index in [9.17, 15) is 9.59 Å². The van der Waals surface area contributed by atoms with Gasteiger partial charge in [0.05, 0.1) is 0 Å². The molecular formula is C19H19NO4. The van der Waals surface area contributed by atoms with Gasteiger partial charge in [-0.1, -0.05) is 42.0 Å². The van der Waals surface area contributed by atoms with E-state index in [1.54, 1.807) is 24.3 Å². The van der Waals surface area contributed by atoms with E-state index in [0.29, 0.717) is 17.9 Å². The Hall–Kier alpha value is -3.08. The van der Waals surface area contributed by atoms with Gasteiger partial charge in [0, 0.05) is 6.92 Å². The molecule has 124 valence electrons. The number of carboxylic acid groups (broad SMARTS) is 1. The molecule has 0 fully saturated rings. The van der Waals surface area contributed by atoms with E-state index < -0.39 is 11.9 Å². The molecule has 5 nitrogen and oxygen atoms in total. The van der Waals surface area contributed by atoms with Gasteiger partial charge in [0.15, 0.2) is 0 Å². The number of aryl methyl sites for hydroxylation is 1. The van der Waals surface area contributed by atoms with Crippen LogP contribution < -0.4 is 10.1 Å². The van der Waals surface area contributed by atoms with Crippen LogP contribution in [0, 0.1) is 6.92 Å². The molecular weight excluding hydrogens is 306 g/mol. The summed E-state index contributed by atoms with van der Waals surface area (Å²) in [5.41, 5.74) is 2.68. The van der Waals surface area contributed by atoms with Gasteiger partial charge in [0.2, 0.25) is 5.91 Å². The minimum atomic E-state index is -1.20. The van der Waals surface area contributed by atoms with Crippen molar-refractivity contribution in [3.63, 3.8) is 0 Å². The molecule has 0 bridgehead atoms. The smallest absolute Gasteiger partial charge is 0.352 e. The molecule has 0 aliphatic heterocycles. The predicted octanol–water partition coefficient (Wildman–Crippen LogP) is 3.14. The van der Waals surface area contributed by atoms with E-state index in [2.05, 4.69) is 5.32 Å². The lowest BCUT2D eigenvalue weighted by molar-refractivity contribution is -0.134. The summed E-state index contributed by atoms with van der Waals surface area (Å²) < 4.78 is 5.73. The fourth-order valence-corrected chi connectivity index (χ4v) is 2.05. The minimum absolute atomic E-state index is 0.182. The van der Waals surface area contributed by atoms with E-state index in [1.807, 2.05) is 31.2 Å². The predicted molar refractivity (Wildman–Crippen MR) is 91.4 cm³/mol. The van der Waals surface area contributed by atoms with Crippen molar-refractivity contribution in [2.24, 2.45) is 0 Å². The van der Waals surface area contributed by atoms with Crippen LogP contribution in [0.3, 0.4) is 0 Å². The molecule has 0 atom stereocenters. The summed E-state index contributed by atoms with van der Waals surface area (Å²) in [7, 11) is 0. The molecule has 2 aromatic carbocycles. The van der Waals surface area contributed by atoms with Gasteiger partial charge in [-0.25, -0.2) is 4.79 Å². The van der Waals surface area contributed by atoms with Crippen LogP contribution in [0.5, 0.6) is 5.75 Å². The Bertz CT molecular complexity index is 763. The highest BCUT2D eigenvalue weighted by atomic mass is 16.5. The zero-order valence-corrected chi connectivity index (χ0v) is 13.6. The molecule has 0 saturated carbocycles. The third kappa shape index (κ3) is 5.28. The zero-order valence-electron chi connectivity index (χ0n) is 13.6. The number of benzene rings is 2. The number of aliphatic carboxylic acids is 1. The Labute approximate surface area is 140 Å². The molecule has 1 amide bonds. The van der Waals surface area contributed by atoms with Crippen molar-refractivity contribution in [2.75, 3.05) is 0 Å². The van der Waals surface area contributed by atoms with Crippen LogP contribution in [-0.2, 0) is 16.2 Å². The molecule has 0 unspecified atom stereocenters. The zero-order chi connectivity index (χ0) is 17.5. The van der Waals surface area contributed by atoms with Crippen LogP contribution >= 0.6 is 0 Å². The average molecular weight is 325 g/mol. The van der Waals surface area contributed by atoms with E-state index in [0.717, 1.165) is 5.56 Å². The van der Waals surface area contributed by atoms with Crippen LogP contribution in [0.1, 0.15) is 23.6 Å². The second-order valence-corrected chi connectivity index (χ2v) is 5.39. The number of carbonyl (C=O) groups excluding carboxylic acids is 1. The van der Waals surface area contributed by atoms with Crippen LogP contribution in [0.4, 0.5) is 0 Å². The van der Waals surface area contributed by atoms with Gasteiger partial charge in [-0.05, 0) is 36.3 Å². The van der Waals surface area contributed by atoms with Crippen LogP contribution in [0.25, 0.3) is 6.08 Å². The Morgan fingerprint density at radius 2 is 1.88 bits per heavy atom. The molecule has 24 heavy (non-hydrogen) atoms. The summed E-state index contributed by atoms with van der Waals surface area (Å²) in [6.07, 6.45) is 1.39. The number of carbonyl (C=O) groups is 2. The molecule has 2 aromatic rings. The Morgan fingerprint density at radius 3 is 2.50 bits per heavy atom. The number of hydrogen-bond donors (Lipinski definition) is 2. The quantitative estimate of drug-likeness (QED) is 0.800. The van der Waals surface area contributed by atoms with Gasteiger partial charge < -0.3 is 15.2 Å². The molecule has 0 saturated heterocycles. The second-order valence-electron chi connectivity index (χ2n) is 5.39. The molecule has 0 radical (unpaired) electrons. The van der Waals surface area contributed by atoms with Crippen molar-refractivity contribution in [1.82, 2.24) is 5.32 Å². The van der Waals surface area contributed by atoms with Gasteiger partial charge in [-0.3, -0.25) is 4.79 Å². The fourth-order valence-electron chi connectivity index (χ4n) is 2.05.